The van der Waals surface area contributed by atoms with Crippen molar-refractivity contribution < 1.29 is 18.3 Å². The van der Waals surface area contributed by atoms with Gasteiger partial charge in [0.25, 0.3) is 6.43 Å². The number of alkyl halides is 2. The molecule has 0 aliphatic rings. The van der Waals surface area contributed by atoms with E-state index in [-0.39, 0.29) is 6.61 Å². The minimum atomic E-state index is -2.85. The van der Waals surface area contributed by atoms with Gasteiger partial charge < -0.3 is 10.5 Å². The summed E-state index contributed by atoms with van der Waals surface area (Å²) in [5.74, 6) is -1.06. The molecule has 0 fully saturated rings. The van der Waals surface area contributed by atoms with Crippen LogP contribution in [0.2, 0.25) is 0 Å². The number of hydrogen-bond donors (Lipinski definition) is 1. The number of rotatable bonds is 3. The first-order valence-electron chi connectivity index (χ1n) is 2.80. The SMILES string of the molecule is CCOC(=O)[C@H](N)C(F)F. The zero-order valence-corrected chi connectivity index (χ0v) is 5.51. The van der Waals surface area contributed by atoms with Crippen LogP contribution in [0.15, 0.2) is 0 Å². The molecule has 0 heterocycles. The summed E-state index contributed by atoms with van der Waals surface area (Å²) >= 11 is 0. The van der Waals surface area contributed by atoms with Crippen molar-refractivity contribution in [1.29, 1.82) is 0 Å². The van der Waals surface area contributed by atoms with Gasteiger partial charge >= 0.3 is 5.97 Å². The number of carbonyl (C=O) groups excluding carboxylic acids is 1. The van der Waals surface area contributed by atoms with E-state index in [1.807, 2.05) is 0 Å². The summed E-state index contributed by atoms with van der Waals surface area (Å²) < 4.78 is 27.4. The van der Waals surface area contributed by atoms with E-state index in [0.717, 1.165) is 0 Å². The maximum Gasteiger partial charge on any atom is 0.328 e. The van der Waals surface area contributed by atoms with Crippen molar-refractivity contribution >= 4 is 5.97 Å². The van der Waals surface area contributed by atoms with Gasteiger partial charge in [0.05, 0.1) is 6.61 Å². The van der Waals surface area contributed by atoms with Crippen LogP contribution in [-0.2, 0) is 9.53 Å². The van der Waals surface area contributed by atoms with Gasteiger partial charge in [-0.2, -0.15) is 0 Å². The number of nitrogens with two attached hydrogens (primary N) is 1. The molecule has 0 bridgehead atoms. The normalized spacial score (nSPS) is 13.3. The van der Waals surface area contributed by atoms with Gasteiger partial charge in [0.15, 0.2) is 6.04 Å². The Morgan fingerprint density at radius 3 is 2.50 bits per heavy atom. The predicted molar refractivity (Wildman–Crippen MR) is 30.6 cm³/mol. The molecule has 0 amide bonds. The van der Waals surface area contributed by atoms with Crippen LogP contribution in [0.5, 0.6) is 0 Å². The fraction of sp³-hybridized carbons (Fsp3) is 0.800. The Kier molecular flexibility index (Phi) is 3.87. The second kappa shape index (κ2) is 4.16. The molecule has 1 atom stereocenters. The molecule has 0 aromatic rings. The lowest BCUT2D eigenvalue weighted by Crippen LogP contribution is -2.38. The Morgan fingerprint density at radius 1 is 1.70 bits per heavy atom. The van der Waals surface area contributed by atoms with Crippen molar-refractivity contribution in [2.75, 3.05) is 6.61 Å². The predicted octanol–water partition coefficient (Wildman–Crippen LogP) is 0.142. The number of halogens is 2. The van der Waals surface area contributed by atoms with Gasteiger partial charge in [-0.1, -0.05) is 0 Å². The third-order valence-corrected chi connectivity index (χ3v) is 0.830. The number of carbonyl (C=O) groups is 1. The molecule has 0 aromatic heterocycles. The summed E-state index contributed by atoms with van der Waals surface area (Å²) in [6, 6.07) is -1.81. The van der Waals surface area contributed by atoms with E-state index < -0.39 is 18.4 Å². The lowest BCUT2D eigenvalue weighted by molar-refractivity contribution is -0.148. The van der Waals surface area contributed by atoms with Gasteiger partial charge in [-0.25, -0.2) is 8.78 Å². The summed E-state index contributed by atoms with van der Waals surface area (Å²) in [5.41, 5.74) is 4.72. The van der Waals surface area contributed by atoms with Gasteiger partial charge in [0, 0.05) is 0 Å². The van der Waals surface area contributed by atoms with E-state index in [4.69, 9.17) is 5.73 Å². The number of esters is 1. The highest BCUT2D eigenvalue weighted by Crippen LogP contribution is 1.99. The smallest absolute Gasteiger partial charge is 0.328 e. The molecule has 0 saturated heterocycles. The molecular weight excluding hydrogens is 144 g/mol. The minimum Gasteiger partial charge on any atom is -0.465 e. The molecule has 0 rings (SSSR count). The quantitative estimate of drug-likeness (QED) is 0.587. The monoisotopic (exact) mass is 153 g/mol. The average Bonchev–Trinajstić information content (AvgIpc) is 1.87. The summed E-state index contributed by atoms with van der Waals surface area (Å²) in [6.07, 6.45) is -2.85. The fourth-order valence-corrected chi connectivity index (χ4v) is 0.341. The van der Waals surface area contributed by atoms with Crippen molar-refractivity contribution in [3.05, 3.63) is 0 Å². The van der Waals surface area contributed by atoms with E-state index in [9.17, 15) is 13.6 Å². The molecule has 3 nitrogen and oxygen atoms in total. The second-order valence-corrected chi connectivity index (χ2v) is 1.61. The van der Waals surface area contributed by atoms with Crippen LogP contribution in [0.25, 0.3) is 0 Å². The van der Waals surface area contributed by atoms with E-state index in [0.29, 0.717) is 0 Å². The van der Waals surface area contributed by atoms with Crippen molar-refractivity contribution in [3.63, 3.8) is 0 Å². The van der Waals surface area contributed by atoms with E-state index in [1.165, 1.54) is 6.92 Å². The van der Waals surface area contributed by atoms with Gasteiger partial charge in [-0.3, -0.25) is 4.79 Å². The lowest BCUT2D eigenvalue weighted by Gasteiger charge is -2.07. The Bertz CT molecular complexity index is 118. The molecule has 0 unspecified atom stereocenters. The van der Waals surface area contributed by atoms with Crippen molar-refractivity contribution in [2.24, 2.45) is 5.73 Å². The summed E-state index contributed by atoms with van der Waals surface area (Å²) in [5, 5.41) is 0. The van der Waals surface area contributed by atoms with Crippen LogP contribution >= 0.6 is 0 Å². The van der Waals surface area contributed by atoms with E-state index in [2.05, 4.69) is 4.74 Å². The lowest BCUT2D eigenvalue weighted by atomic mass is 10.3. The molecule has 0 radical (unpaired) electrons. The van der Waals surface area contributed by atoms with Crippen LogP contribution in [0.1, 0.15) is 6.92 Å². The highest BCUT2D eigenvalue weighted by atomic mass is 19.3. The molecule has 5 heteroatoms. The number of ether oxygens (including phenoxy) is 1. The first-order valence-corrected chi connectivity index (χ1v) is 2.80. The Morgan fingerprint density at radius 2 is 2.20 bits per heavy atom. The van der Waals surface area contributed by atoms with Crippen molar-refractivity contribution in [3.8, 4) is 0 Å². The van der Waals surface area contributed by atoms with Crippen molar-refractivity contribution in [1.82, 2.24) is 0 Å². The standard InChI is InChI=1S/C5H9F2NO2/c1-2-10-5(9)3(8)4(6)7/h3-4H,2,8H2,1H3/t3-/m1/s1. The average molecular weight is 153 g/mol. The third kappa shape index (κ3) is 2.72. The minimum absolute atomic E-state index is 0.0687. The first-order chi connectivity index (χ1) is 4.59. The second-order valence-electron chi connectivity index (χ2n) is 1.61. The summed E-state index contributed by atoms with van der Waals surface area (Å²) in [6.45, 7) is 1.59. The highest BCUT2D eigenvalue weighted by Gasteiger charge is 2.24. The molecule has 0 spiro atoms. The molecule has 2 N–H and O–H groups in total. The maximum absolute atomic E-state index is 11.6. The Hall–Kier alpha value is -0.710. The van der Waals surface area contributed by atoms with Crippen LogP contribution in [0.4, 0.5) is 8.78 Å². The zero-order valence-electron chi connectivity index (χ0n) is 5.51. The first kappa shape index (κ1) is 9.29. The van der Waals surface area contributed by atoms with Crippen LogP contribution in [0.3, 0.4) is 0 Å². The van der Waals surface area contributed by atoms with Crippen LogP contribution in [-0.4, -0.2) is 25.0 Å². The van der Waals surface area contributed by atoms with Gasteiger partial charge in [0.2, 0.25) is 0 Å². The molecule has 0 saturated carbocycles. The van der Waals surface area contributed by atoms with E-state index >= 15 is 0 Å². The summed E-state index contributed by atoms with van der Waals surface area (Å²) in [7, 11) is 0. The van der Waals surface area contributed by atoms with Crippen LogP contribution < -0.4 is 5.73 Å². The third-order valence-electron chi connectivity index (χ3n) is 0.830. The molecule has 0 aromatic carbocycles. The fourth-order valence-electron chi connectivity index (χ4n) is 0.341. The molecular formula is C5H9F2NO2. The van der Waals surface area contributed by atoms with Crippen molar-refractivity contribution in [2.45, 2.75) is 19.4 Å². The Balaban J connectivity index is 3.71. The van der Waals surface area contributed by atoms with Gasteiger partial charge in [-0.15, -0.1) is 0 Å². The molecule has 0 aliphatic carbocycles. The zero-order chi connectivity index (χ0) is 8.15. The molecule has 0 aliphatic heterocycles. The molecule has 60 valence electrons. The largest absolute Gasteiger partial charge is 0.465 e. The maximum atomic E-state index is 11.6. The number of hydrogen-bond acceptors (Lipinski definition) is 3. The molecule has 10 heavy (non-hydrogen) atoms. The highest BCUT2D eigenvalue weighted by molar-refractivity contribution is 5.75. The van der Waals surface area contributed by atoms with Crippen LogP contribution in [0, 0.1) is 0 Å². The summed E-state index contributed by atoms with van der Waals surface area (Å²) in [4.78, 5) is 10.4. The Labute approximate surface area is 57.1 Å². The van der Waals surface area contributed by atoms with Gasteiger partial charge in [0.1, 0.15) is 0 Å². The topological polar surface area (TPSA) is 52.3 Å². The van der Waals surface area contributed by atoms with E-state index in [1.54, 1.807) is 0 Å². The van der Waals surface area contributed by atoms with Gasteiger partial charge in [-0.05, 0) is 6.92 Å².